The Bertz CT molecular complexity index is 789. The van der Waals surface area contributed by atoms with Crippen molar-refractivity contribution >= 4 is 11.3 Å². The van der Waals surface area contributed by atoms with Crippen LogP contribution in [-0.2, 0) is 6.54 Å². The number of thiophene rings is 1. The molecule has 0 spiro atoms. The van der Waals surface area contributed by atoms with Gasteiger partial charge in [0.1, 0.15) is 0 Å². The van der Waals surface area contributed by atoms with Crippen LogP contribution in [-0.4, -0.2) is 28.2 Å². The van der Waals surface area contributed by atoms with Crippen molar-refractivity contribution < 1.29 is 4.42 Å². The lowest BCUT2D eigenvalue weighted by molar-refractivity contribution is 0.193. The Labute approximate surface area is 146 Å². The molecule has 3 aromatic rings. The fourth-order valence-corrected chi connectivity index (χ4v) is 3.94. The third-order valence-electron chi connectivity index (χ3n) is 4.63. The molecule has 0 N–H and O–H groups in total. The predicted molar refractivity (Wildman–Crippen MR) is 96.0 cm³/mol. The van der Waals surface area contributed by atoms with Crippen LogP contribution < -0.4 is 0 Å². The van der Waals surface area contributed by atoms with Crippen molar-refractivity contribution in [1.82, 2.24) is 15.1 Å². The molecule has 0 unspecified atom stereocenters. The van der Waals surface area contributed by atoms with E-state index < -0.39 is 0 Å². The molecule has 0 radical (unpaired) electrons. The maximum atomic E-state index is 5.90. The molecule has 5 heteroatoms. The quantitative estimate of drug-likeness (QED) is 0.702. The predicted octanol–water partition coefficient (Wildman–Crippen LogP) is 4.49. The van der Waals surface area contributed by atoms with Gasteiger partial charge in [0, 0.05) is 23.4 Å². The number of aromatic nitrogens is 2. The summed E-state index contributed by atoms with van der Waals surface area (Å²) in [5.41, 5.74) is 3.75. The lowest BCUT2D eigenvalue weighted by Crippen LogP contribution is -2.32. The molecular formula is C19H21N3OS. The average molecular weight is 339 g/mol. The lowest BCUT2D eigenvalue weighted by Gasteiger charge is -2.30. The lowest BCUT2D eigenvalue weighted by atomic mass is 9.96. The number of hydrogen-bond acceptors (Lipinski definition) is 5. The van der Waals surface area contributed by atoms with Crippen LogP contribution in [0, 0.1) is 6.92 Å². The van der Waals surface area contributed by atoms with E-state index in [2.05, 4.69) is 46.3 Å². The first-order valence-electron chi connectivity index (χ1n) is 8.42. The molecule has 0 aliphatic carbocycles. The number of likely N-dealkylation sites (tertiary alicyclic amines) is 1. The van der Waals surface area contributed by atoms with E-state index in [4.69, 9.17) is 4.42 Å². The summed E-state index contributed by atoms with van der Waals surface area (Å²) in [6.45, 7) is 5.33. The third-order valence-corrected chi connectivity index (χ3v) is 5.32. The highest BCUT2D eigenvalue weighted by Gasteiger charge is 2.25. The van der Waals surface area contributed by atoms with E-state index >= 15 is 0 Å². The first-order chi connectivity index (χ1) is 11.8. The highest BCUT2D eigenvalue weighted by molar-refractivity contribution is 7.08. The largest absolute Gasteiger partial charge is 0.420 e. The third kappa shape index (κ3) is 3.42. The molecule has 0 atom stereocenters. The topological polar surface area (TPSA) is 42.2 Å². The summed E-state index contributed by atoms with van der Waals surface area (Å²) in [6, 6.07) is 10.8. The van der Waals surface area contributed by atoms with Crippen LogP contribution in [0.4, 0.5) is 0 Å². The van der Waals surface area contributed by atoms with Crippen molar-refractivity contribution in [2.45, 2.75) is 32.2 Å². The maximum Gasteiger partial charge on any atom is 0.248 e. The fraction of sp³-hybridized carbons (Fsp3) is 0.368. The summed E-state index contributed by atoms with van der Waals surface area (Å²) >= 11 is 1.65. The Balaban J connectivity index is 1.36. The van der Waals surface area contributed by atoms with Gasteiger partial charge in [-0.3, -0.25) is 4.90 Å². The molecule has 1 aliphatic heterocycles. The Morgan fingerprint density at radius 2 is 2.08 bits per heavy atom. The second-order valence-corrected chi connectivity index (χ2v) is 7.28. The van der Waals surface area contributed by atoms with E-state index in [1.165, 1.54) is 11.1 Å². The van der Waals surface area contributed by atoms with Crippen molar-refractivity contribution in [3.8, 4) is 11.5 Å². The number of nitrogens with zero attached hydrogens (tertiary/aromatic N) is 3. The van der Waals surface area contributed by atoms with Gasteiger partial charge in [-0.25, -0.2) is 0 Å². The Hall–Kier alpha value is -1.98. The summed E-state index contributed by atoms with van der Waals surface area (Å²) in [4.78, 5) is 2.52. The van der Waals surface area contributed by atoms with Crippen LogP contribution in [0.2, 0.25) is 0 Å². The van der Waals surface area contributed by atoms with Crippen LogP contribution in [0.1, 0.15) is 35.8 Å². The van der Waals surface area contributed by atoms with Crippen LogP contribution in [0.3, 0.4) is 0 Å². The molecule has 4 rings (SSSR count). The van der Waals surface area contributed by atoms with Crippen LogP contribution in [0.15, 0.2) is 45.5 Å². The van der Waals surface area contributed by atoms with Gasteiger partial charge in [-0.15, -0.1) is 10.2 Å². The molecule has 2 aromatic heterocycles. The van der Waals surface area contributed by atoms with E-state index in [0.717, 1.165) is 43.9 Å². The van der Waals surface area contributed by atoms with Crippen LogP contribution in [0.5, 0.6) is 0 Å². The van der Waals surface area contributed by atoms with E-state index in [-0.39, 0.29) is 0 Å². The molecule has 0 saturated carbocycles. The normalized spacial score (nSPS) is 16.5. The number of benzene rings is 1. The minimum Gasteiger partial charge on any atom is -0.420 e. The molecule has 124 valence electrons. The van der Waals surface area contributed by atoms with Crippen LogP contribution in [0.25, 0.3) is 11.5 Å². The zero-order valence-corrected chi connectivity index (χ0v) is 14.6. The SMILES string of the molecule is Cc1cccc(CN2CCC(c3nnc(-c4ccsc4)o3)CC2)c1. The van der Waals surface area contributed by atoms with Gasteiger partial charge in [-0.1, -0.05) is 29.8 Å². The molecule has 1 aromatic carbocycles. The fourth-order valence-electron chi connectivity index (χ4n) is 3.31. The molecule has 24 heavy (non-hydrogen) atoms. The smallest absolute Gasteiger partial charge is 0.248 e. The van der Waals surface area contributed by atoms with Gasteiger partial charge in [-0.05, 0) is 49.9 Å². The van der Waals surface area contributed by atoms with E-state index in [1.807, 2.05) is 16.8 Å². The minimum atomic E-state index is 0.388. The molecule has 4 nitrogen and oxygen atoms in total. The summed E-state index contributed by atoms with van der Waals surface area (Å²) in [5.74, 6) is 1.83. The summed E-state index contributed by atoms with van der Waals surface area (Å²) in [6.07, 6.45) is 2.16. The maximum absolute atomic E-state index is 5.90. The molecule has 3 heterocycles. The van der Waals surface area contributed by atoms with Gasteiger partial charge < -0.3 is 4.42 Å². The van der Waals surface area contributed by atoms with Gasteiger partial charge >= 0.3 is 0 Å². The second kappa shape index (κ2) is 6.87. The van der Waals surface area contributed by atoms with Crippen LogP contribution >= 0.6 is 11.3 Å². The molecule has 0 amide bonds. The Morgan fingerprint density at radius 1 is 1.21 bits per heavy atom. The van der Waals surface area contributed by atoms with Crippen molar-refractivity contribution in [1.29, 1.82) is 0 Å². The number of aryl methyl sites for hydroxylation is 1. The molecular weight excluding hydrogens is 318 g/mol. The van der Waals surface area contributed by atoms with Gasteiger partial charge in [0.15, 0.2) is 0 Å². The zero-order chi connectivity index (χ0) is 16.4. The zero-order valence-electron chi connectivity index (χ0n) is 13.8. The molecule has 1 saturated heterocycles. The summed E-state index contributed by atoms with van der Waals surface area (Å²) < 4.78 is 5.90. The standard InChI is InChI=1S/C19H21N3OS/c1-14-3-2-4-15(11-14)12-22-8-5-16(6-9-22)18-20-21-19(23-18)17-7-10-24-13-17/h2-4,7,10-11,13,16H,5-6,8-9,12H2,1H3. The highest BCUT2D eigenvalue weighted by atomic mass is 32.1. The number of piperidine rings is 1. The Morgan fingerprint density at radius 3 is 2.83 bits per heavy atom. The molecule has 1 aliphatic rings. The number of rotatable bonds is 4. The van der Waals surface area contributed by atoms with Gasteiger partial charge in [0.2, 0.25) is 11.8 Å². The second-order valence-electron chi connectivity index (χ2n) is 6.50. The molecule has 0 bridgehead atoms. The van der Waals surface area contributed by atoms with E-state index in [0.29, 0.717) is 11.8 Å². The minimum absolute atomic E-state index is 0.388. The first kappa shape index (κ1) is 15.5. The van der Waals surface area contributed by atoms with Crippen molar-refractivity contribution in [2.24, 2.45) is 0 Å². The Kier molecular flexibility index (Phi) is 4.45. The van der Waals surface area contributed by atoms with E-state index in [9.17, 15) is 0 Å². The van der Waals surface area contributed by atoms with E-state index in [1.54, 1.807) is 11.3 Å². The van der Waals surface area contributed by atoms with Crippen molar-refractivity contribution in [3.05, 3.63) is 58.1 Å². The summed E-state index contributed by atoms with van der Waals surface area (Å²) in [7, 11) is 0. The average Bonchev–Trinajstić information content (AvgIpc) is 3.27. The van der Waals surface area contributed by atoms with Gasteiger partial charge in [-0.2, -0.15) is 11.3 Å². The van der Waals surface area contributed by atoms with Gasteiger partial charge in [0.25, 0.3) is 0 Å². The monoisotopic (exact) mass is 339 g/mol. The van der Waals surface area contributed by atoms with Crippen molar-refractivity contribution in [3.63, 3.8) is 0 Å². The van der Waals surface area contributed by atoms with Gasteiger partial charge in [0.05, 0.1) is 0 Å². The highest BCUT2D eigenvalue weighted by Crippen LogP contribution is 2.30. The van der Waals surface area contributed by atoms with Crippen molar-refractivity contribution in [2.75, 3.05) is 13.1 Å². The first-order valence-corrected chi connectivity index (χ1v) is 9.36. The summed E-state index contributed by atoms with van der Waals surface area (Å²) in [5, 5.41) is 12.6. The molecule has 1 fully saturated rings. The number of hydrogen-bond donors (Lipinski definition) is 0.